The third-order valence-corrected chi connectivity index (χ3v) is 5.33. The lowest BCUT2D eigenvalue weighted by Gasteiger charge is -1.99. The Hall–Kier alpha value is -3.54. The minimum absolute atomic E-state index is 0.369. The minimum Gasteiger partial charge on any atom is -0.465 e. The molecule has 160 valence electrons. The SMILES string of the molecule is COC(=O)c1ccc2cc(CCCCCc3cc4ccc(C(=O)OC)cc4o3)oc2c1. The van der Waals surface area contributed by atoms with E-state index in [2.05, 4.69) is 0 Å². The van der Waals surface area contributed by atoms with Gasteiger partial charge in [-0.15, -0.1) is 0 Å². The summed E-state index contributed by atoms with van der Waals surface area (Å²) in [6, 6.07) is 14.7. The van der Waals surface area contributed by atoms with E-state index in [0.717, 1.165) is 54.4 Å². The Labute approximate surface area is 179 Å². The van der Waals surface area contributed by atoms with Gasteiger partial charge in [0.1, 0.15) is 22.7 Å². The van der Waals surface area contributed by atoms with Gasteiger partial charge in [0.15, 0.2) is 0 Å². The number of methoxy groups -OCH3 is 2. The summed E-state index contributed by atoms with van der Waals surface area (Å²) in [5.41, 5.74) is 2.37. The number of hydrogen-bond donors (Lipinski definition) is 0. The number of esters is 2. The Bertz CT molecular complexity index is 1130. The molecular formula is C25H24O6. The molecule has 4 aromatic rings. The number of furan rings is 2. The van der Waals surface area contributed by atoms with Crippen LogP contribution in [0.4, 0.5) is 0 Å². The highest BCUT2D eigenvalue weighted by molar-refractivity contribution is 5.94. The maximum absolute atomic E-state index is 11.7. The van der Waals surface area contributed by atoms with Crippen LogP contribution in [0.2, 0.25) is 0 Å². The summed E-state index contributed by atoms with van der Waals surface area (Å²) in [6.45, 7) is 0. The molecule has 4 rings (SSSR count). The molecule has 0 aliphatic carbocycles. The zero-order valence-corrected chi connectivity index (χ0v) is 17.6. The third-order valence-electron chi connectivity index (χ3n) is 5.33. The summed E-state index contributed by atoms with van der Waals surface area (Å²) in [7, 11) is 2.73. The smallest absolute Gasteiger partial charge is 0.337 e. The van der Waals surface area contributed by atoms with E-state index in [1.807, 2.05) is 24.3 Å². The van der Waals surface area contributed by atoms with Gasteiger partial charge in [0.2, 0.25) is 0 Å². The summed E-state index contributed by atoms with van der Waals surface area (Å²) in [5.74, 6) is 1.09. The number of unbranched alkanes of at least 4 members (excludes halogenated alkanes) is 2. The number of carbonyl (C=O) groups is 2. The first kappa shape index (κ1) is 20.7. The molecule has 0 radical (unpaired) electrons. The number of benzene rings is 2. The van der Waals surface area contributed by atoms with Crippen LogP contribution in [-0.4, -0.2) is 26.2 Å². The van der Waals surface area contributed by atoms with E-state index in [9.17, 15) is 9.59 Å². The van der Waals surface area contributed by atoms with Crippen LogP contribution < -0.4 is 0 Å². The molecule has 2 heterocycles. The lowest BCUT2D eigenvalue weighted by atomic mass is 10.1. The Morgan fingerprint density at radius 2 is 1.13 bits per heavy atom. The van der Waals surface area contributed by atoms with Crippen LogP contribution in [0.5, 0.6) is 0 Å². The topological polar surface area (TPSA) is 78.9 Å². The van der Waals surface area contributed by atoms with Gasteiger partial charge in [-0.25, -0.2) is 9.59 Å². The van der Waals surface area contributed by atoms with Crippen LogP contribution in [0.25, 0.3) is 21.9 Å². The third kappa shape index (κ3) is 4.63. The van der Waals surface area contributed by atoms with Gasteiger partial charge in [-0.3, -0.25) is 0 Å². The number of aryl methyl sites for hydroxylation is 2. The van der Waals surface area contributed by atoms with Crippen LogP contribution in [-0.2, 0) is 22.3 Å². The van der Waals surface area contributed by atoms with E-state index in [1.54, 1.807) is 24.3 Å². The molecule has 0 atom stereocenters. The van der Waals surface area contributed by atoms with Crippen molar-refractivity contribution in [2.24, 2.45) is 0 Å². The van der Waals surface area contributed by atoms with E-state index in [1.165, 1.54) is 14.2 Å². The first-order valence-electron chi connectivity index (χ1n) is 10.3. The highest BCUT2D eigenvalue weighted by Gasteiger charge is 2.11. The molecule has 6 nitrogen and oxygen atoms in total. The summed E-state index contributed by atoms with van der Waals surface area (Å²) in [5, 5.41) is 1.97. The van der Waals surface area contributed by atoms with Crippen LogP contribution in [0.1, 0.15) is 51.5 Å². The van der Waals surface area contributed by atoms with Crippen LogP contribution in [0, 0.1) is 0 Å². The first-order chi connectivity index (χ1) is 15.1. The standard InChI is InChI=1S/C25H24O6/c1-28-24(26)18-10-8-16-12-20(30-22(16)14-18)6-4-3-5-7-21-13-17-9-11-19(25(27)29-2)15-23(17)31-21/h8-15H,3-7H2,1-2H3. The normalized spacial score (nSPS) is 11.2. The lowest BCUT2D eigenvalue weighted by molar-refractivity contribution is 0.0592. The summed E-state index contributed by atoms with van der Waals surface area (Å²) >= 11 is 0. The number of carbonyl (C=O) groups excluding carboxylic acids is 2. The van der Waals surface area contributed by atoms with Crippen molar-refractivity contribution >= 4 is 33.9 Å². The average Bonchev–Trinajstić information content (AvgIpc) is 3.39. The molecule has 6 heteroatoms. The van der Waals surface area contributed by atoms with Crippen molar-refractivity contribution in [3.8, 4) is 0 Å². The van der Waals surface area contributed by atoms with Gasteiger partial charge in [0.25, 0.3) is 0 Å². The van der Waals surface area contributed by atoms with E-state index >= 15 is 0 Å². The molecule has 31 heavy (non-hydrogen) atoms. The van der Waals surface area contributed by atoms with Crippen molar-refractivity contribution in [3.63, 3.8) is 0 Å². The van der Waals surface area contributed by atoms with Crippen molar-refractivity contribution in [2.45, 2.75) is 32.1 Å². The molecule has 0 aliphatic rings. The molecule has 0 unspecified atom stereocenters. The maximum atomic E-state index is 11.7. The number of ether oxygens (including phenoxy) is 2. The van der Waals surface area contributed by atoms with Crippen molar-refractivity contribution in [2.75, 3.05) is 14.2 Å². The monoisotopic (exact) mass is 420 g/mol. The number of fused-ring (bicyclic) bond motifs is 2. The molecule has 2 aromatic carbocycles. The van der Waals surface area contributed by atoms with Crippen LogP contribution in [0.15, 0.2) is 57.4 Å². The molecule has 2 aromatic heterocycles. The zero-order chi connectivity index (χ0) is 21.8. The average molecular weight is 420 g/mol. The summed E-state index contributed by atoms with van der Waals surface area (Å²) < 4.78 is 21.3. The van der Waals surface area contributed by atoms with Gasteiger partial charge >= 0.3 is 11.9 Å². The van der Waals surface area contributed by atoms with E-state index < -0.39 is 0 Å². The predicted molar refractivity (Wildman–Crippen MR) is 116 cm³/mol. The van der Waals surface area contributed by atoms with Gasteiger partial charge in [-0.05, 0) is 49.2 Å². The van der Waals surface area contributed by atoms with Gasteiger partial charge in [0, 0.05) is 23.6 Å². The van der Waals surface area contributed by atoms with E-state index in [-0.39, 0.29) is 11.9 Å². The first-order valence-corrected chi connectivity index (χ1v) is 10.3. The van der Waals surface area contributed by atoms with E-state index in [0.29, 0.717) is 22.3 Å². The predicted octanol–water partition coefficient (Wildman–Crippen LogP) is 5.71. The molecule has 0 spiro atoms. The van der Waals surface area contributed by atoms with Crippen LogP contribution >= 0.6 is 0 Å². The highest BCUT2D eigenvalue weighted by atomic mass is 16.5. The van der Waals surface area contributed by atoms with Crippen molar-refractivity contribution in [1.82, 2.24) is 0 Å². The Balaban J connectivity index is 1.29. The molecule has 0 aliphatic heterocycles. The van der Waals surface area contributed by atoms with Gasteiger partial charge in [-0.1, -0.05) is 18.6 Å². The lowest BCUT2D eigenvalue weighted by Crippen LogP contribution is -1.99. The Morgan fingerprint density at radius 3 is 1.55 bits per heavy atom. The highest BCUT2D eigenvalue weighted by Crippen LogP contribution is 2.24. The van der Waals surface area contributed by atoms with Gasteiger partial charge in [0.05, 0.1) is 25.3 Å². The minimum atomic E-state index is -0.369. The quantitative estimate of drug-likeness (QED) is 0.268. The Kier molecular flexibility index (Phi) is 6.07. The second-order valence-corrected chi connectivity index (χ2v) is 7.47. The fourth-order valence-corrected chi connectivity index (χ4v) is 3.68. The fraction of sp³-hybridized carbons (Fsp3) is 0.280. The second kappa shape index (κ2) is 9.08. The molecule has 0 fully saturated rings. The van der Waals surface area contributed by atoms with Crippen LogP contribution in [0.3, 0.4) is 0 Å². The summed E-state index contributed by atoms with van der Waals surface area (Å²) in [4.78, 5) is 23.3. The molecular weight excluding hydrogens is 396 g/mol. The zero-order valence-electron chi connectivity index (χ0n) is 17.6. The van der Waals surface area contributed by atoms with Crippen molar-refractivity contribution in [1.29, 1.82) is 0 Å². The fourth-order valence-electron chi connectivity index (χ4n) is 3.68. The molecule has 0 bridgehead atoms. The largest absolute Gasteiger partial charge is 0.465 e. The number of hydrogen-bond acceptors (Lipinski definition) is 6. The van der Waals surface area contributed by atoms with Gasteiger partial charge in [-0.2, -0.15) is 0 Å². The van der Waals surface area contributed by atoms with Crippen molar-refractivity contribution in [3.05, 3.63) is 71.2 Å². The summed E-state index contributed by atoms with van der Waals surface area (Å²) in [6.07, 6.45) is 4.71. The molecule has 0 amide bonds. The second-order valence-electron chi connectivity index (χ2n) is 7.47. The van der Waals surface area contributed by atoms with Crippen molar-refractivity contribution < 1.29 is 27.9 Å². The maximum Gasteiger partial charge on any atom is 0.337 e. The number of rotatable bonds is 8. The van der Waals surface area contributed by atoms with E-state index in [4.69, 9.17) is 18.3 Å². The molecule has 0 N–H and O–H groups in total. The molecule has 0 saturated heterocycles. The van der Waals surface area contributed by atoms with Gasteiger partial charge < -0.3 is 18.3 Å². The molecule has 0 saturated carbocycles. The Morgan fingerprint density at radius 1 is 0.677 bits per heavy atom.